The first kappa shape index (κ1) is 76.7. The summed E-state index contributed by atoms with van der Waals surface area (Å²) >= 11 is 0. The molecule has 0 radical (unpaired) electrons. The van der Waals surface area contributed by atoms with Crippen LogP contribution in [0.15, 0.2) is 109 Å². The standard InChI is InChI=1S/C70H122NO8P/c1-6-8-10-12-14-16-18-20-22-24-26-27-28-29-30-31-32-33-34-35-36-37-38-39-40-41-42-43-45-47-49-51-53-55-57-59-61-63-70(73)79-68(67-78-80(74,75)77-65-64-71(3,4)5)66-76-69(72)62-60-58-56-54-52-50-48-46-44-25-23-21-19-17-15-13-11-9-7-2/h8,10,14,16,20-23,26-27,29-30,32-33,35-36,38-39,68H,6-7,9,11-13,15,17-19,24-25,28,31,34,37,40-67H2,1-5H3/p+1/b10-8-,16-14-,22-20-,23-21-,27-26-,30-29-,33-32-,36-35-,39-38-. The fourth-order valence-electron chi connectivity index (χ4n) is 8.79. The van der Waals surface area contributed by atoms with Crippen molar-refractivity contribution in [2.45, 2.75) is 277 Å². The minimum absolute atomic E-state index is 0.0276. The number of quaternary nitrogens is 1. The predicted molar refractivity (Wildman–Crippen MR) is 344 cm³/mol. The van der Waals surface area contributed by atoms with Crippen molar-refractivity contribution in [1.82, 2.24) is 0 Å². The van der Waals surface area contributed by atoms with Gasteiger partial charge in [-0.25, -0.2) is 4.57 Å². The molecule has 0 aliphatic carbocycles. The SMILES string of the molecule is CC/C=C\C/C=C\C/C=C\C/C=C\C/C=C\C/C=C\C/C=C\C/C=C\CCCCCCCCCCCCCCC(=O)OC(COC(=O)CCCCCCCCCCC/C=C\CCCCCCCC)COP(=O)(O)OCC[N+](C)(C)C. The first-order chi connectivity index (χ1) is 39.0. The van der Waals surface area contributed by atoms with E-state index in [1.165, 1.54) is 148 Å². The maximum atomic E-state index is 12.9. The lowest BCUT2D eigenvalue weighted by Crippen LogP contribution is -2.37. The summed E-state index contributed by atoms with van der Waals surface area (Å²) in [6.45, 7) is 4.32. The lowest BCUT2D eigenvalue weighted by atomic mass is 10.0. The van der Waals surface area contributed by atoms with E-state index in [-0.39, 0.29) is 32.0 Å². The maximum Gasteiger partial charge on any atom is 0.472 e. The van der Waals surface area contributed by atoms with E-state index in [1.807, 2.05) is 21.1 Å². The van der Waals surface area contributed by atoms with Gasteiger partial charge in [-0.15, -0.1) is 0 Å². The van der Waals surface area contributed by atoms with Crippen LogP contribution in [0, 0.1) is 0 Å². The number of nitrogens with zero attached hydrogens (tertiary/aromatic N) is 1. The van der Waals surface area contributed by atoms with Crippen molar-refractivity contribution in [3.63, 3.8) is 0 Å². The van der Waals surface area contributed by atoms with Gasteiger partial charge in [-0.05, 0) is 103 Å². The van der Waals surface area contributed by atoms with E-state index < -0.39 is 26.5 Å². The zero-order chi connectivity index (χ0) is 58.4. The van der Waals surface area contributed by atoms with Gasteiger partial charge in [0.1, 0.15) is 19.8 Å². The van der Waals surface area contributed by atoms with Gasteiger partial charge in [0.15, 0.2) is 6.10 Å². The van der Waals surface area contributed by atoms with Gasteiger partial charge in [-0.3, -0.25) is 18.6 Å². The lowest BCUT2D eigenvalue weighted by molar-refractivity contribution is -0.870. The molecule has 0 saturated carbocycles. The van der Waals surface area contributed by atoms with Gasteiger partial charge >= 0.3 is 19.8 Å². The van der Waals surface area contributed by atoms with E-state index in [9.17, 15) is 19.0 Å². The molecule has 0 bridgehead atoms. The van der Waals surface area contributed by atoms with Crippen molar-refractivity contribution in [2.24, 2.45) is 0 Å². The average Bonchev–Trinajstić information content (AvgIpc) is 3.42. The second-order valence-electron chi connectivity index (χ2n) is 22.8. The number of unbranched alkanes of at least 4 members (excludes halogenated alkanes) is 27. The van der Waals surface area contributed by atoms with Crippen molar-refractivity contribution in [1.29, 1.82) is 0 Å². The fourth-order valence-corrected chi connectivity index (χ4v) is 9.53. The normalized spacial score (nSPS) is 13.9. The molecule has 460 valence electrons. The van der Waals surface area contributed by atoms with Crippen molar-refractivity contribution < 1.29 is 42.1 Å². The number of carbonyl (C=O) groups excluding carboxylic acids is 2. The number of likely N-dealkylation sites (N-methyl/N-ethyl adjacent to an activating group) is 1. The number of rotatable bonds is 59. The smallest absolute Gasteiger partial charge is 0.462 e. The van der Waals surface area contributed by atoms with Crippen LogP contribution in [0.25, 0.3) is 0 Å². The Balaban J connectivity index is 4.08. The highest BCUT2D eigenvalue weighted by Gasteiger charge is 2.27. The third kappa shape index (κ3) is 63.8. The zero-order valence-corrected chi connectivity index (χ0v) is 53.2. The average molecular weight is 1140 g/mol. The van der Waals surface area contributed by atoms with Gasteiger partial charge in [0.2, 0.25) is 0 Å². The summed E-state index contributed by atoms with van der Waals surface area (Å²) in [5.74, 6) is -0.800. The largest absolute Gasteiger partial charge is 0.472 e. The van der Waals surface area contributed by atoms with Crippen molar-refractivity contribution in [2.75, 3.05) is 47.5 Å². The summed E-state index contributed by atoms with van der Waals surface area (Å²) in [6.07, 6.45) is 84.6. The van der Waals surface area contributed by atoms with Gasteiger partial charge in [-0.2, -0.15) is 0 Å². The summed E-state index contributed by atoms with van der Waals surface area (Å²) in [4.78, 5) is 35.8. The topological polar surface area (TPSA) is 108 Å². The van der Waals surface area contributed by atoms with Gasteiger partial charge < -0.3 is 18.9 Å². The molecular weight excluding hydrogens is 1010 g/mol. The molecule has 0 aromatic carbocycles. The number of phosphoric ester groups is 1. The molecule has 0 spiro atoms. The first-order valence-corrected chi connectivity index (χ1v) is 34.1. The highest BCUT2D eigenvalue weighted by Crippen LogP contribution is 2.43. The Hall–Kier alpha value is -3.33. The minimum Gasteiger partial charge on any atom is -0.462 e. The van der Waals surface area contributed by atoms with Gasteiger partial charge in [0.05, 0.1) is 27.7 Å². The molecule has 2 atom stereocenters. The van der Waals surface area contributed by atoms with E-state index in [0.717, 1.165) is 89.9 Å². The number of hydrogen-bond acceptors (Lipinski definition) is 7. The number of hydrogen-bond donors (Lipinski definition) is 1. The Morgan fingerprint density at radius 1 is 0.400 bits per heavy atom. The molecule has 0 saturated heterocycles. The molecule has 0 amide bonds. The lowest BCUT2D eigenvalue weighted by Gasteiger charge is -2.24. The first-order valence-electron chi connectivity index (χ1n) is 32.6. The van der Waals surface area contributed by atoms with Crippen molar-refractivity contribution >= 4 is 19.8 Å². The summed E-state index contributed by atoms with van der Waals surface area (Å²) in [5.41, 5.74) is 0. The third-order valence-electron chi connectivity index (χ3n) is 13.8. The van der Waals surface area contributed by atoms with E-state index in [4.69, 9.17) is 18.5 Å². The molecule has 0 aromatic rings. The summed E-state index contributed by atoms with van der Waals surface area (Å²) < 4.78 is 34.6. The number of allylic oxidation sites excluding steroid dienone is 18. The number of carbonyl (C=O) groups is 2. The van der Waals surface area contributed by atoms with Crippen LogP contribution in [0.4, 0.5) is 0 Å². The molecule has 0 fully saturated rings. The monoisotopic (exact) mass is 1140 g/mol. The third-order valence-corrected chi connectivity index (χ3v) is 14.8. The Bertz CT molecular complexity index is 1720. The van der Waals surface area contributed by atoms with Crippen molar-refractivity contribution in [3.8, 4) is 0 Å². The van der Waals surface area contributed by atoms with Gasteiger partial charge in [0.25, 0.3) is 0 Å². The van der Waals surface area contributed by atoms with E-state index in [2.05, 4.69) is 123 Å². The second kappa shape index (κ2) is 60.3. The molecule has 1 N–H and O–H groups in total. The minimum atomic E-state index is -4.39. The van der Waals surface area contributed by atoms with Crippen LogP contribution in [-0.4, -0.2) is 74.9 Å². The summed E-state index contributed by atoms with van der Waals surface area (Å²) in [5, 5.41) is 0. The van der Waals surface area contributed by atoms with Crippen LogP contribution in [-0.2, 0) is 32.7 Å². The van der Waals surface area contributed by atoms with Gasteiger partial charge in [-0.1, -0.05) is 264 Å². The summed E-state index contributed by atoms with van der Waals surface area (Å²) in [6, 6.07) is 0. The van der Waals surface area contributed by atoms with Crippen molar-refractivity contribution in [3.05, 3.63) is 109 Å². The highest BCUT2D eigenvalue weighted by molar-refractivity contribution is 7.47. The Labute approximate surface area is 493 Å². The fraction of sp³-hybridized carbons (Fsp3) is 0.714. The number of phosphoric acid groups is 1. The molecule has 0 aromatic heterocycles. The Morgan fingerprint density at radius 3 is 1.07 bits per heavy atom. The molecule has 10 heteroatoms. The number of esters is 2. The van der Waals surface area contributed by atoms with E-state index >= 15 is 0 Å². The summed E-state index contributed by atoms with van der Waals surface area (Å²) in [7, 11) is 1.47. The quantitative estimate of drug-likeness (QED) is 0.0211. The molecule has 0 rings (SSSR count). The Morgan fingerprint density at radius 2 is 0.713 bits per heavy atom. The van der Waals surface area contributed by atoms with Crippen LogP contribution in [0.5, 0.6) is 0 Å². The Kier molecular flexibility index (Phi) is 57.8. The maximum absolute atomic E-state index is 12.9. The zero-order valence-electron chi connectivity index (χ0n) is 52.3. The second-order valence-corrected chi connectivity index (χ2v) is 24.2. The van der Waals surface area contributed by atoms with E-state index in [1.54, 1.807) is 0 Å². The molecule has 80 heavy (non-hydrogen) atoms. The van der Waals surface area contributed by atoms with Crippen LogP contribution >= 0.6 is 7.82 Å². The van der Waals surface area contributed by atoms with Crippen LogP contribution in [0.1, 0.15) is 271 Å². The molecule has 0 heterocycles. The molecular formula is C70H123NO8P+. The predicted octanol–water partition coefficient (Wildman–Crippen LogP) is 20.9. The molecule has 0 aliphatic heterocycles. The molecule has 2 unspecified atom stereocenters. The highest BCUT2D eigenvalue weighted by atomic mass is 31.2. The molecule has 9 nitrogen and oxygen atoms in total. The number of ether oxygens (including phenoxy) is 2. The van der Waals surface area contributed by atoms with Crippen LogP contribution in [0.3, 0.4) is 0 Å². The van der Waals surface area contributed by atoms with Gasteiger partial charge in [0, 0.05) is 12.8 Å². The van der Waals surface area contributed by atoms with E-state index in [0.29, 0.717) is 17.4 Å². The van der Waals surface area contributed by atoms with Crippen LogP contribution in [0.2, 0.25) is 0 Å². The van der Waals surface area contributed by atoms with Crippen LogP contribution < -0.4 is 0 Å². The molecule has 0 aliphatic rings.